The summed E-state index contributed by atoms with van der Waals surface area (Å²) < 4.78 is 15.6. The summed E-state index contributed by atoms with van der Waals surface area (Å²) in [5.41, 5.74) is 3.90. The normalized spacial score (nSPS) is 12.8. The lowest BCUT2D eigenvalue weighted by Gasteiger charge is -2.16. The number of hydrogen-bond acceptors (Lipinski definition) is 5. The molecule has 3 rings (SSSR count). The highest BCUT2D eigenvalue weighted by molar-refractivity contribution is 5.98. The van der Waals surface area contributed by atoms with E-state index in [1.807, 2.05) is 18.2 Å². The van der Waals surface area contributed by atoms with Crippen LogP contribution in [0.25, 0.3) is 0 Å². The molecule has 0 amide bonds. The number of ether oxygens (including phenoxy) is 3. The molecule has 0 saturated heterocycles. The van der Waals surface area contributed by atoms with Gasteiger partial charge in [-0.3, -0.25) is 9.59 Å². The second-order valence-corrected chi connectivity index (χ2v) is 6.64. The van der Waals surface area contributed by atoms with Crippen LogP contribution in [0, 0.1) is 0 Å². The van der Waals surface area contributed by atoms with E-state index in [-0.39, 0.29) is 18.8 Å². The number of hydrogen-bond donors (Lipinski definition) is 0. The maximum Gasteiger partial charge on any atom is 0.310 e. The molecule has 0 aliphatic heterocycles. The van der Waals surface area contributed by atoms with Crippen LogP contribution in [0.3, 0.4) is 0 Å². The second kappa shape index (κ2) is 8.71. The van der Waals surface area contributed by atoms with E-state index < -0.39 is 5.97 Å². The van der Waals surface area contributed by atoms with Gasteiger partial charge in [-0.25, -0.2) is 0 Å². The van der Waals surface area contributed by atoms with Crippen molar-refractivity contribution in [3.63, 3.8) is 0 Å². The summed E-state index contributed by atoms with van der Waals surface area (Å²) >= 11 is 0. The van der Waals surface area contributed by atoms with E-state index in [2.05, 4.69) is 0 Å². The fourth-order valence-corrected chi connectivity index (χ4v) is 3.34. The van der Waals surface area contributed by atoms with E-state index in [1.54, 1.807) is 25.3 Å². The summed E-state index contributed by atoms with van der Waals surface area (Å²) in [7, 11) is 3.09. The second-order valence-electron chi connectivity index (χ2n) is 6.64. The number of esters is 1. The number of aryl methyl sites for hydroxylation is 2. The van der Waals surface area contributed by atoms with E-state index in [1.165, 1.54) is 24.7 Å². The van der Waals surface area contributed by atoms with Gasteiger partial charge in [-0.2, -0.15) is 0 Å². The minimum Gasteiger partial charge on any atom is -0.493 e. The molecule has 0 atom stereocenters. The minimum atomic E-state index is -0.450. The van der Waals surface area contributed by atoms with Gasteiger partial charge in [0.25, 0.3) is 0 Å². The number of ketones is 1. The fraction of sp³-hybridized carbons (Fsp3) is 0.364. The van der Waals surface area contributed by atoms with Gasteiger partial charge >= 0.3 is 5.97 Å². The third-order valence-electron chi connectivity index (χ3n) is 4.83. The van der Waals surface area contributed by atoms with Gasteiger partial charge < -0.3 is 14.2 Å². The molecule has 2 aromatic rings. The zero-order chi connectivity index (χ0) is 19.2. The minimum absolute atomic E-state index is 0.0673. The molecule has 0 spiro atoms. The summed E-state index contributed by atoms with van der Waals surface area (Å²) in [6.45, 7) is -0.245. The summed E-state index contributed by atoms with van der Waals surface area (Å²) in [6, 6.07) is 11.0. The van der Waals surface area contributed by atoms with E-state index in [4.69, 9.17) is 14.2 Å². The third-order valence-corrected chi connectivity index (χ3v) is 4.83. The Morgan fingerprint density at radius 3 is 2.37 bits per heavy atom. The molecule has 5 nitrogen and oxygen atoms in total. The van der Waals surface area contributed by atoms with Crippen molar-refractivity contribution in [1.82, 2.24) is 0 Å². The summed E-state index contributed by atoms with van der Waals surface area (Å²) in [4.78, 5) is 24.4. The smallest absolute Gasteiger partial charge is 0.310 e. The standard InChI is InChI=1S/C22H24O5/c1-25-20-10-7-15(11-21(20)26-2)12-22(24)27-14-19(23)18-9-8-16-5-3-4-6-17(16)13-18/h7-11,13H,3-6,12,14H2,1-2H3. The molecular weight excluding hydrogens is 344 g/mol. The third kappa shape index (κ3) is 4.67. The molecule has 0 fully saturated rings. The monoisotopic (exact) mass is 368 g/mol. The highest BCUT2D eigenvalue weighted by Gasteiger charge is 2.15. The maximum absolute atomic E-state index is 12.4. The van der Waals surface area contributed by atoms with Gasteiger partial charge in [0.2, 0.25) is 0 Å². The van der Waals surface area contributed by atoms with Crippen molar-refractivity contribution >= 4 is 11.8 Å². The van der Waals surface area contributed by atoms with Crippen LogP contribution in [0.4, 0.5) is 0 Å². The van der Waals surface area contributed by atoms with Gasteiger partial charge in [0.05, 0.1) is 20.6 Å². The predicted molar refractivity (Wildman–Crippen MR) is 102 cm³/mol. The number of Topliss-reactive ketones (excluding diaryl/α,β-unsaturated/α-hetero) is 1. The molecule has 1 aliphatic carbocycles. The lowest BCUT2D eigenvalue weighted by molar-refractivity contribution is -0.141. The predicted octanol–water partition coefficient (Wildman–Crippen LogP) is 3.55. The summed E-state index contributed by atoms with van der Waals surface area (Å²) in [5, 5.41) is 0. The molecule has 0 heterocycles. The largest absolute Gasteiger partial charge is 0.493 e. The molecule has 0 unspecified atom stereocenters. The SMILES string of the molecule is COc1ccc(CC(=O)OCC(=O)c2ccc3c(c2)CCCC3)cc1OC. The molecule has 0 radical (unpaired) electrons. The number of benzene rings is 2. The molecule has 142 valence electrons. The van der Waals surface area contributed by atoms with Crippen molar-refractivity contribution in [2.24, 2.45) is 0 Å². The van der Waals surface area contributed by atoms with Crippen LogP contribution in [-0.4, -0.2) is 32.6 Å². The van der Waals surface area contributed by atoms with Crippen molar-refractivity contribution < 1.29 is 23.8 Å². The Balaban J connectivity index is 1.56. The molecule has 2 aromatic carbocycles. The molecule has 5 heteroatoms. The van der Waals surface area contributed by atoms with E-state index in [9.17, 15) is 9.59 Å². The number of methoxy groups -OCH3 is 2. The molecule has 27 heavy (non-hydrogen) atoms. The van der Waals surface area contributed by atoms with Crippen LogP contribution < -0.4 is 9.47 Å². The zero-order valence-electron chi connectivity index (χ0n) is 15.7. The van der Waals surface area contributed by atoms with Crippen molar-refractivity contribution in [2.75, 3.05) is 20.8 Å². The molecule has 0 bridgehead atoms. The summed E-state index contributed by atoms with van der Waals surface area (Å²) in [6.07, 6.45) is 4.51. The van der Waals surface area contributed by atoms with Crippen molar-refractivity contribution in [3.05, 3.63) is 58.7 Å². The Hall–Kier alpha value is -2.82. The summed E-state index contributed by atoms with van der Waals surface area (Å²) in [5.74, 6) is 0.516. The molecule has 0 saturated carbocycles. The Morgan fingerprint density at radius 1 is 0.889 bits per heavy atom. The van der Waals surface area contributed by atoms with Gasteiger partial charge in [-0.15, -0.1) is 0 Å². The van der Waals surface area contributed by atoms with Crippen LogP contribution >= 0.6 is 0 Å². The van der Waals surface area contributed by atoms with Crippen LogP contribution in [0.2, 0.25) is 0 Å². The Kier molecular flexibility index (Phi) is 6.12. The van der Waals surface area contributed by atoms with Crippen LogP contribution in [0.15, 0.2) is 36.4 Å². The van der Waals surface area contributed by atoms with Crippen LogP contribution in [0.1, 0.15) is 39.9 Å². The quantitative estimate of drug-likeness (QED) is 0.552. The van der Waals surface area contributed by atoms with Crippen LogP contribution in [-0.2, 0) is 28.8 Å². The Labute approximate surface area is 159 Å². The molecular formula is C22H24O5. The van der Waals surface area contributed by atoms with E-state index in [0.29, 0.717) is 17.1 Å². The Bertz CT molecular complexity index is 841. The van der Waals surface area contributed by atoms with Gasteiger partial charge in [0.1, 0.15) is 0 Å². The number of fused-ring (bicyclic) bond motifs is 1. The van der Waals surface area contributed by atoms with Crippen molar-refractivity contribution in [3.8, 4) is 11.5 Å². The molecule has 0 N–H and O–H groups in total. The van der Waals surface area contributed by atoms with Gasteiger partial charge in [-0.05, 0) is 60.6 Å². The average molecular weight is 368 g/mol. The first-order valence-electron chi connectivity index (χ1n) is 9.12. The van der Waals surface area contributed by atoms with Crippen molar-refractivity contribution in [2.45, 2.75) is 32.1 Å². The first-order valence-corrected chi connectivity index (χ1v) is 9.12. The maximum atomic E-state index is 12.4. The Morgan fingerprint density at radius 2 is 1.63 bits per heavy atom. The first kappa shape index (κ1) is 19.0. The average Bonchev–Trinajstić information content (AvgIpc) is 2.71. The topological polar surface area (TPSA) is 61.8 Å². The number of carbonyl (C=O) groups excluding carboxylic acids is 2. The highest BCUT2D eigenvalue weighted by atomic mass is 16.5. The van der Waals surface area contributed by atoms with Gasteiger partial charge in [0.15, 0.2) is 23.9 Å². The molecule has 1 aliphatic rings. The highest BCUT2D eigenvalue weighted by Crippen LogP contribution is 2.27. The van der Waals surface area contributed by atoms with Crippen molar-refractivity contribution in [1.29, 1.82) is 0 Å². The fourth-order valence-electron chi connectivity index (χ4n) is 3.34. The lowest BCUT2D eigenvalue weighted by atomic mass is 9.90. The molecule has 0 aromatic heterocycles. The number of rotatable bonds is 7. The van der Waals surface area contributed by atoms with Gasteiger partial charge in [0, 0.05) is 5.56 Å². The lowest BCUT2D eigenvalue weighted by Crippen LogP contribution is -2.16. The van der Waals surface area contributed by atoms with Crippen LogP contribution in [0.5, 0.6) is 11.5 Å². The van der Waals surface area contributed by atoms with E-state index >= 15 is 0 Å². The zero-order valence-corrected chi connectivity index (χ0v) is 15.7. The first-order chi connectivity index (χ1) is 13.1. The number of carbonyl (C=O) groups is 2. The van der Waals surface area contributed by atoms with E-state index in [0.717, 1.165) is 24.8 Å². The van der Waals surface area contributed by atoms with Gasteiger partial charge in [-0.1, -0.05) is 18.2 Å².